The molecule has 0 spiro atoms. The van der Waals surface area contributed by atoms with Crippen molar-refractivity contribution in [2.45, 2.75) is 19.3 Å². The lowest BCUT2D eigenvalue weighted by Crippen LogP contribution is -2.31. The monoisotopic (exact) mass is 374 g/mol. The topological polar surface area (TPSA) is 67.2 Å². The van der Waals surface area contributed by atoms with E-state index in [0.717, 1.165) is 30.8 Å². The summed E-state index contributed by atoms with van der Waals surface area (Å²) in [7, 11) is 1.64. The summed E-state index contributed by atoms with van der Waals surface area (Å²) in [5.74, 6) is 0.418. The summed E-state index contributed by atoms with van der Waals surface area (Å²) >= 11 is 6.12. The minimum absolute atomic E-state index is 0.0404. The first-order chi connectivity index (χ1) is 12.5. The van der Waals surface area contributed by atoms with Crippen LogP contribution in [0.1, 0.15) is 18.4 Å². The molecule has 1 fully saturated rings. The highest BCUT2D eigenvalue weighted by Gasteiger charge is 2.23. The lowest BCUT2D eigenvalue weighted by Gasteiger charge is -2.18. The lowest BCUT2D eigenvalue weighted by atomic mass is 10.1. The number of carbonyl (C=O) groups excluding carboxylic acids is 1. The highest BCUT2D eigenvalue weighted by molar-refractivity contribution is 6.31. The number of hydrogen-bond acceptors (Lipinski definition) is 4. The number of aryl methyl sites for hydroxylation is 2. The molecule has 7 heteroatoms. The van der Waals surface area contributed by atoms with Gasteiger partial charge in [0.15, 0.2) is 0 Å². The Hall–Kier alpha value is -2.34. The molecule has 1 atom stereocenters. The average Bonchev–Trinajstić information content (AvgIpc) is 3.10. The van der Waals surface area contributed by atoms with Gasteiger partial charge >= 0.3 is 0 Å². The molecule has 0 aliphatic carbocycles. The van der Waals surface area contributed by atoms with Crippen LogP contribution in [0.5, 0.6) is 0 Å². The predicted molar refractivity (Wildman–Crippen MR) is 103 cm³/mol. The lowest BCUT2D eigenvalue weighted by molar-refractivity contribution is -0.121. The third-order valence-corrected chi connectivity index (χ3v) is 5.14. The van der Waals surface area contributed by atoms with Crippen LogP contribution in [-0.4, -0.2) is 35.3 Å². The fourth-order valence-corrected chi connectivity index (χ4v) is 3.39. The quantitative estimate of drug-likeness (QED) is 0.839. The van der Waals surface area contributed by atoms with Crippen LogP contribution in [0.2, 0.25) is 5.02 Å². The molecule has 6 nitrogen and oxygen atoms in total. The van der Waals surface area contributed by atoms with Crippen molar-refractivity contribution in [3.8, 4) is 0 Å². The zero-order valence-corrected chi connectivity index (χ0v) is 15.6. The van der Waals surface area contributed by atoms with E-state index in [1.54, 1.807) is 19.3 Å². The molecule has 0 radical (unpaired) electrons. The largest absolute Gasteiger partial charge is 0.370 e. The van der Waals surface area contributed by atoms with Crippen molar-refractivity contribution < 1.29 is 4.79 Å². The third kappa shape index (κ3) is 4.64. The molecule has 0 saturated carbocycles. The van der Waals surface area contributed by atoms with Gasteiger partial charge in [-0.15, -0.1) is 0 Å². The van der Waals surface area contributed by atoms with Crippen molar-refractivity contribution >= 4 is 23.2 Å². The van der Waals surface area contributed by atoms with E-state index in [-0.39, 0.29) is 11.5 Å². The molecular weight excluding hydrogens is 352 g/mol. The number of carbonyl (C=O) groups is 1. The summed E-state index contributed by atoms with van der Waals surface area (Å²) in [5, 5.41) is 7.78. The van der Waals surface area contributed by atoms with Crippen molar-refractivity contribution in [3.63, 3.8) is 0 Å². The Bertz CT molecular complexity index is 836. The zero-order chi connectivity index (χ0) is 18.5. The van der Waals surface area contributed by atoms with E-state index in [0.29, 0.717) is 30.3 Å². The second-order valence-electron chi connectivity index (χ2n) is 6.67. The SMILES string of the molecule is Cn1ncc(N2CC[C@H](CNC(=O)CCc3ccccc3Cl)C2)cc1=O. The van der Waals surface area contributed by atoms with Crippen molar-refractivity contribution in [3.05, 3.63) is 57.5 Å². The van der Waals surface area contributed by atoms with Gasteiger partial charge in [-0.05, 0) is 30.4 Å². The van der Waals surface area contributed by atoms with E-state index in [2.05, 4.69) is 15.3 Å². The second-order valence-corrected chi connectivity index (χ2v) is 7.08. The molecular formula is C19H23ClN4O2. The normalized spacial score (nSPS) is 16.7. The summed E-state index contributed by atoms with van der Waals surface area (Å²) in [4.78, 5) is 26.0. The van der Waals surface area contributed by atoms with Gasteiger partial charge in [0.1, 0.15) is 0 Å². The minimum atomic E-state index is -0.112. The number of hydrogen-bond donors (Lipinski definition) is 1. The fraction of sp³-hybridized carbons (Fsp3) is 0.421. The van der Waals surface area contributed by atoms with Crippen molar-refractivity contribution in [2.24, 2.45) is 13.0 Å². The number of nitrogens with one attached hydrogen (secondary N) is 1. The Labute approximate surface area is 157 Å². The molecule has 0 bridgehead atoms. The smallest absolute Gasteiger partial charge is 0.268 e. The van der Waals surface area contributed by atoms with Gasteiger partial charge in [0.25, 0.3) is 5.56 Å². The first kappa shape index (κ1) is 18.5. The highest BCUT2D eigenvalue weighted by Crippen LogP contribution is 2.21. The van der Waals surface area contributed by atoms with Crippen molar-refractivity contribution in [1.29, 1.82) is 0 Å². The summed E-state index contributed by atoms with van der Waals surface area (Å²) in [5.41, 5.74) is 1.73. The van der Waals surface area contributed by atoms with Crippen LogP contribution in [0.25, 0.3) is 0 Å². The van der Waals surface area contributed by atoms with Crippen LogP contribution in [0, 0.1) is 5.92 Å². The molecule has 2 aromatic rings. The molecule has 1 amide bonds. The first-order valence-corrected chi connectivity index (χ1v) is 9.19. The Morgan fingerprint density at radius 3 is 2.96 bits per heavy atom. The van der Waals surface area contributed by atoms with E-state index in [9.17, 15) is 9.59 Å². The molecule has 138 valence electrons. The van der Waals surface area contributed by atoms with Crippen LogP contribution in [0.4, 0.5) is 5.69 Å². The van der Waals surface area contributed by atoms with Crippen molar-refractivity contribution in [2.75, 3.05) is 24.5 Å². The van der Waals surface area contributed by atoms with Gasteiger partial charge in [0.2, 0.25) is 5.91 Å². The number of aromatic nitrogens is 2. The van der Waals surface area contributed by atoms with E-state index in [1.165, 1.54) is 4.68 Å². The molecule has 3 rings (SSSR count). The molecule has 1 N–H and O–H groups in total. The predicted octanol–water partition coefficient (Wildman–Crippen LogP) is 2.01. The number of anilines is 1. The van der Waals surface area contributed by atoms with E-state index in [1.807, 2.05) is 24.3 Å². The minimum Gasteiger partial charge on any atom is -0.370 e. The van der Waals surface area contributed by atoms with Crippen molar-refractivity contribution in [1.82, 2.24) is 15.1 Å². The van der Waals surface area contributed by atoms with Crippen LogP contribution in [0.15, 0.2) is 41.3 Å². The summed E-state index contributed by atoms with van der Waals surface area (Å²) < 4.78 is 1.32. The van der Waals surface area contributed by atoms with Gasteiger partial charge in [-0.1, -0.05) is 29.8 Å². The van der Waals surface area contributed by atoms with Crippen LogP contribution < -0.4 is 15.8 Å². The standard InChI is InChI=1S/C19H23ClN4O2/c1-23-19(26)10-16(12-22-23)24-9-8-14(13-24)11-21-18(25)7-6-15-4-2-3-5-17(15)20/h2-5,10,12,14H,6-9,11,13H2,1H3,(H,21,25)/t14-/m1/s1. The van der Waals surface area contributed by atoms with E-state index >= 15 is 0 Å². The van der Waals surface area contributed by atoms with Crippen LogP contribution in [0.3, 0.4) is 0 Å². The van der Waals surface area contributed by atoms with Crippen LogP contribution in [-0.2, 0) is 18.3 Å². The molecule has 1 aliphatic heterocycles. The number of halogens is 1. The molecule has 0 unspecified atom stereocenters. The third-order valence-electron chi connectivity index (χ3n) is 4.77. The molecule has 1 saturated heterocycles. The molecule has 1 aliphatic rings. The Morgan fingerprint density at radius 1 is 1.38 bits per heavy atom. The molecule has 26 heavy (non-hydrogen) atoms. The van der Waals surface area contributed by atoms with Gasteiger partial charge in [0, 0.05) is 44.2 Å². The van der Waals surface area contributed by atoms with Gasteiger partial charge < -0.3 is 10.2 Å². The Kier molecular flexibility index (Phi) is 5.93. The number of rotatable bonds is 6. The highest BCUT2D eigenvalue weighted by atomic mass is 35.5. The maximum Gasteiger partial charge on any atom is 0.268 e. The van der Waals surface area contributed by atoms with Gasteiger partial charge in [-0.3, -0.25) is 9.59 Å². The molecule has 2 heterocycles. The maximum atomic E-state index is 12.1. The summed E-state index contributed by atoms with van der Waals surface area (Å²) in [6, 6.07) is 9.21. The van der Waals surface area contributed by atoms with Gasteiger partial charge in [-0.2, -0.15) is 5.10 Å². The zero-order valence-electron chi connectivity index (χ0n) is 14.8. The van der Waals surface area contributed by atoms with E-state index < -0.39 is 0 Å². The van der Waals surface area contributed by atoms with Gasteiger partial charge in [0.05, 0.1) is 11.9 Å². The number of nitrogens with zero attached hydrogens (tertiary/aromatic N) is 3. The summed E-state index contributed by atoms with van der Waals surface area (Å²) in [6.07, 6.45) is 3.77. The first-order valence-electron chi connectivity index (χ1n) is 8.81. The van der Waals surface area contributed by atoms with Crippen LogP contribution >= 0.6 is 11.6 Å². The van der Waals surface area contributed by atoms with E-state index in [4.69, 9.17) is 11.6 Å². The molecule has 1 aromatic carbocycles. The second kappa shape index (κ2) is 8.36. The Balaban J connectivity index is 1.44. The number of amides is 1. The molecule has 1 aromatic heterocycles. The average molecular weight is 375 g/mol. The Morgan fingerprint density at radius 2 is 2.19 bits per heavy atom. The summed E-state index contributed by atoms with van der Waals surface area (Å²) in [6.45, 7) is 2.34. The van der Waals surface area contributed by atoms with Gasteiger partial charge in [-0.25, -0.2) is 4.68 Å². The maximum absolute atomic E-state index is 12.1. The fourth-order valence-electron chi connectivity index (χ4n) is 3.16. The number of benzene rings is 1.